The minimum absolute atomic E-state index is 0.0147. The Bertz CT molecular complexity index is 818. The first-order valence-corrected chi connectivity index (χ1v) is 9.54. The molecule has 0 bridgehead atoms. The number of carbonyl (C=O) groups excluding carboxylic acids is 1. The maximum Gasteiger partial charge on any atom is 0.343 e. The van der Waals surface area contributed by atoms with Gasteiger partial charge in [0.15, 0.2) is 0 Å². The van der Waals surface area contributed by atoms with Gasteiger partial charge in [0, 0.05) is 4.47 Å². The van der Waals surface area contributed by atoms with Crippen molar-refractivity contribution in [3.8, 4) is 11.5 Å². The minimum atomic E-state index is -1.18. The highest BCUT2D eigenvalue weighted by Gasteiger charge is 2.17. The lowest BCUT2D eigenvalue weighted by Gasteiger charge is -2.11. The van der Waals surface area contributed by atoms with E-state index in [1.54, 1.807) is 24.3 Å². The highest BCUT2D eigenvalue weighted by Crippen LogP contribution is 2.28. The molecule has 0 saturated carbocycles. The summed E-state index contributed by atoms with van der Waals surface area (Å²) in [6, 6.07) is 9.27. The lowest BCUT2D eigenvalue weighted by molar-refractivity contribution is 0.0681. The predicted octanol–water partition coefficient (Wildman–Crippen LogP) is 5.55. The average Bonchev–Trinajstić information content (AvgIpc) is 2.57. The zero-order valence-electron chi connectivity index (χ0n) is 14.3. The van der Waals surface area contributed by atoms with Gasteiger partial charge in [-0.05, 0) is 64.7 Å². The summed E-state index contributed by atoms with van der Waals surface area (Å²) in [6.45, 7) is 4.82. The molecule has 0 amide bonds. The first-order chi connectivity index (χ1) is 12.3. The number of benzene rings is 2. The number of hydrogen-bond acceptors (Lipinski definition) is 4. The molecule has 0 spiro atoms. The molecule has 138 valence electrons. The van der Waals surface area contributed by atoms with Crippen LogP contribution >= 0.6 is 31.9 Å². The van der Waals surface area contributed by atoms with Crippen molar-refractivity contribution in [3.63, 3.8) is 0 Å². The number of ether oxygens (including phenoxy) is 2. The van der Waals surface area contributed by atoms with Crippen molar-refractivity contribution < 1.29 is 24.2 Å². The van der Waals surface area contributed by atoms with Gasteiger partial charge in [-0.1, -0.05) is 29.8 Å². The smallest absolute Gasteiger partial charge is 0.343 e. The Hall–Kier alpha value is -1.86. The molecule has 0 atom stereocenters. The molecule has 0 aliphatic rings. The van der Waals surface area contributed by atoms with E-state index in [1.165, 1.54) is 12.1 Å². The monoisotopic (exact) mass is 484 g/mol. The third kappa shape index (κ3) is 5.57. The van der Waals surface area contributed by atoms with Gasteiger partial charge in [-0.15, -0.1) is 0 Å². The summed E-state index contributed by atoms with van der Waals surface area (Å²) in [6.07, 6.45) is 0.928. The van der Waals surface area contributed by atoms with E-state index in [1.807, 2.05) is 0 Å². The van der Waals surface area contributed by atoms with Gasteiger partial charge in [-0.2, -0.15) is 0 Å². The second-order valence-corrected chi connectivity index (χ2v) is 7.78. The lowest BCUT2D eigenvalue weighted by Crippen LogP contribution is -2.12. The molecular formula is C19H18Br2O5. The number of esters is 1. The highest BCUT2D eigenvalue weighted by molar-refractivity contribution is 9.10. The first kappa shape index (κ1) is 20.5. The first-order valence-electron chi connectivity index (χ1n) is 7.95. The fraction of sp³-hybridized carbons (Fsp3) is 0.263. The van der Waals surface area contributed by atoms with Crippen LogP contribution in [-0.2, 0) is 0 Å². The van der Waals surface area contributed by atoms with Crippen molar-refractivity contribution in [3.05, 3.63) is 56.5 Å². The molecule has 0 aromatic heterocycles. The van der Waals surface area contributed by atoms with E-state index in [4.69, 9.17) is 9.47 Å². The Balaban J connectivity index is 2.13. The van der Waals surface area contributed by atoms with E-state index < -0.39 is 11.9 Å². The number of carbonyl (C=O) groups is 2. The Kier molecular flexibility index (Phi) is 7.23. The summed E-state index contributed by atoms with van der Waals surface area (Å²) in [5, 5.41) is 9.24. The standard InChI is InChI=1S/C19H18Br2O5/c1-11(2)7-8-25-17-5-3-12(9-15(17)21)19(24)26-16-6-4-13(20)10-14(16)18(22)23/h3-6,9-11H,7-8H2,1-2H3,(H,22,23). The zero-order valence-corrected chi connectivity index (χ0v) is 17.5. The second-order valence-electron chi connectivity index (χ2n) is 6.01. The second kappa shape index (κ2) is 9.19. The quantitative estimate of drug-likeness (QED) is 0.411. The third-order valence-electron chi connectivity index (χ3n) is 3.50. The normalized spacial score (nSPS) is 10.7. The van der Waals surface area contributed by atoms with Crippen molar-refractivity contribution >= 4 is 43.8 Å². The van der Waals surface area contributed by atoms with Gasteiger partial charge in [0.2, 0.25) is 0 Å². The number of hydrogen-bond donors (Lipinski definition) is 1. The molecule has 1 N–H and O–H groups in total. The fourth-order valence-corrected chi connectivity index (χ4v) is 2.92. The maximum absolute atomic E-state index is 12.4. The van der Waals surface area contributed by atoms with Crippen molar-refractivity contribution in [1.29, 1.82) is 0 Å². The largest absolute Gasteiger partial charge is 0.492 e. The van der Waals surface area contributed by atoms with Crippen molar-refractivity contribution in [2.75, 3.05) is 6.61 Å². The van der Waals surface area contributed by atoms with Crippen LogP contribution in [0.25, 0.3) is 0 Å². The molecule has 0 aliphatic carbocycles. The van der Waals surface area contributed by atoms with Gasteiger partial charge in [-0.25, -0.2) is 9.59 Å². The Labute approximate surface area is 168 Å². The molecule has 0 saturated heterocycles. The van der Waals surface area contributed by atoms with Gasteiger partial charge in [0.05, 0.1) is 16.6 Å². The van der Waals surface area contributed by atoms with Crippen molar-refractivity contribution in [2.45, 2.75) is 20.3 Å². The molecule has 5 nitrogen and oxygen atoms in total. The van der Waals surface area contributed by atoms with Gasteiger partial charge >= 0.3 is 11.9 Å². The number of halogens is 2. The van der Waals surface area contributed by atoms with Crippen molar-refractivity contribution in [1.82, 2.24) is 0 Å². The van der Waals surface area contributed by atoms with Gasteiger partial charge in [-0.3, -0.25) is 0 Å². The number of rotatable bonds is 7. The Morgan fingerprint density at radius 1 is 1.08 bits per heavy atom. The highest BCUT2D eigenvalue weighted by atomic mass is 79.9. The zero-order chi connectivity index (χ0) is 19.3. The molecule has 2 aromatic rings. The molecule has 0 aliphatic heterocycles. The summed E-state index contributed by atoms with van der Waals surface area (Å²) in [4.78, 5) is 23.7. The van der Waals surface area contributed by atoms with Crippen LogP contribution in [0.1, 0.15) is 41.0 Å². The van der Waals surface area contributed by atoms with E-state index in [0.717, 1.165) is 6.42 Å². The minimum Gasteiger partial charge on any atom is -0.492 e. The van der Waals surface area contributed by atoms with Crippen LogP contribution in [0.2, 0.25) is 0 Å². The summed E-state index contributed by atoms with van der Waals surface area (Å²) >= 11 is 6.58. The summed E-state index contributed by atoms with van der Waals surface area (Å²) in [5.74, 6) is -0.665. The van der Waals surface area contributed by atoms with Crippen LogP contribution in [0.5, 0.6) is 11.5 Å². The summed E-state index contributed by atoms with van der Waals surface area (Å²) in [7, 11) is 0. The van der Waals surface area contributed by atoms with Gasteiger partial charge in [0.25, 0.3) is 0 Å². The molecule has 0 unspecified atom stereocenters. The van der Waals surface area contributed by atoms with Crippen LogP contribution in [0.3, 0.4) is 0 Å². The molecule has 7 heteroatoms. The van der Waals surface area contributed by atoms with E-state index in [9.17, 15) is 14.7 Å². The van der Waals surface area contributed by atoms with Gasteiger partial charge < -0.3 is 14.6 Å². The third-order valence-corrected chi connectivity index (χ3v) is 4.61. The summed E-state index contributed by atoms with van der Waals surface area (Å²) in [5.41, 5.74) is 0.188. The van der Waals surface area contributed by atoms with Crippen LogP contribution in [0.15, 0.2) is 45.3 Å². The number of aromatic carboxylic acids is 1. The fourth-order valence-electron chi connectivity index (χ4n) is 2.07. The van der Waals surface area contributed by atoms with E-state index >= 15 is 0 Å². The molecule has 0 fully saturated rings. The Morgan fingerprint density at radius 3 is 2.38 bits per heavy atom. The average molecular weight is 486 g/mol. The molecule has 26 heavy (non-hydrogen) atoms. The summed E-state index contributed by atoms with van der Waals surface area (Å²) < 4.78 is 12.1. The van der Waals surface area contributed by atoms with E-state index in [2.05, 4.69) is 45.7 Å². The number of carboxylic acids is 1. The van der Waals surface area contributed by atoms with E-state index in [-0.39, 0.29) is 16.9 Å². The topological polar surface area (TPSA) is 72.8 Å². The SMILES string of the molecule is CC(C)CCOc1ccc(C(=O)Oc2ccc(Br)cc2C(=O)O)cc1Br. The van der Waals surface area contributed by atoms with Crippen LogP contribution < -0.4 is 9.47 Å². The lowest BCUT2D eigenvalue weighted by atomic mass is 10.1. The van der Waals surface area contributed by atoms with Crippen LogP contribution in [0.4, 0.5) is 0 Å². The van der Waals surface area contributed by atoms with Crippen LogP contribution in [0, 0.1) is 5.92 Å². The van der Waals surface area contributed by atoms with E-state index in [0.29, 0.717) is 27.2 Å². The molecule has 0 radical (unpaired) electrons. The molecule has 2 rings (SSSR count). The number of carboxylic acid groups (broad SMARTS) is 1. The van der Waals surface area contributed by atoms with Gasteiger partial charge in [0.1, 0.15) is 17.1 Å². The maximum atomic E-state index is 12.4. The van der Waals surface area contributed by atoms with Crippen molar-refractivity contribution in [2.24, 2.45) is 5.92 Å². The molecule has 0 heterocycles. The molecule has 2 aromatic carbocycles. The molecular weight excluding hydrogens is 468 g/mol. The predicted molar refractivity (Wildman–Crippen MR) is 105 cm³/mol. The van der Waals surface area contributed by atoms with Crippen LogP contribution in [-0.4, -0.2) is 23.7 Å². The Morgan fingerprint density at radius 2 is 1.77 bits per heavy atom.